The summed E-state index contributed by atoms with van der Waals surface area (Å²) in [4.78, 5) is 0. The third-order valence-electron chi connectivity index (χ3n) is 2.57. The molecule has 1 atom stereocenters. The Kier molecular flexibility index (Phi) is 1.68. The van der Waals surface area contributed by atoms with E-state index in [1.807, 2.05) is 54.8 Å². The van der Waals surface area contributed by atoms with Gasteiger partial charge >= 0.3 is 0 Å². The zero-order valence-electron chi connectivity index (χ0n) is 8.18. The molecule has 0 saturated heterocycles. The number of hydrogen-bond acceptors (Lipinski definition) is 2. The number of allylic oxidation sites excluding steroid dienone is 2. The van der Waals surface area contributed by atoms with Gasteiger partial charge in [-0.05, 0) is 30.4 Å². The minimum absolute atomic E-state index is 0.497. The zero-order chi connectivity index (χ0) is 10.1. The van der Waals surface area contributed by atoms with Crippen molar-refractivity contribution in [3.63, 3.8) is 0 Å². The first-order chi connectivity index (χ1) is 7.38. The van der Waals surface area contributed by atoms with E-state index in [-0.39, 0.29) is 0 Å². The van der Waals surface area contributed by atoms with E-state index in [1.54, 1.807) is 0 Å². The van der Waals surface area contributed by atoms with Crippen LogP contribution in [0.25, 0.3) is 6.08 Å². The normalized spacial score (nSPS) is 25.9. The molecule has 0 fully saturated rings. The fraction of sp³-hybridized carbons (Fsp3) is 0.0769. The highest BCUT2D eigenvalue weighted by Gasteiger charge is 2.29. The van der Waals surface area contributed by atoms with Gasteiger partial charge in [0, 0.05) is 11.8 Å². The van der Waals surface area contributed by atoms with Crippen molar-refractivity contribution in [1.29, 1.82) is 0 Å². The first kappa shape index (κ1) is 8.36. The van der Waals surface area contributed by atoms with Crippen molar-refractivity contribution in [2.24, 2.45) is 0 Å². The molecule has 0 aliphatic carbocycles. The van der Waals surface area contributed by atoms with Crippen LogP contribution >= 0.6 is 0 Å². The molecule has 1 unspecified atom stereocenters. The van der Waals surface area contributed by atoms with Gasteiger partial charge in [0.1, 0.15) is 5.75 Å². The quantitative estimate of drug-likeness (QED) is 0.689. The lowest BCUT2D eigenvalue weighted by Crippen LogP contribution is -2.46. The van der Waals surface area contributed by atoms with Crippen molar-refractivity contribution in [3.05, 3.63) is 60.3 Å². The summed E-state index contributed by atoms with van der Waals surface area (Å²) in [6, 6.07) is 8.01. The average Bonchev–Trinajstić information content (AvgIpc) is 2.30. The van der Waals surface area contributed by atoms with Gasteiger partial charge in [-0.25, -0.2) is 0 Å². The van der Waals surface area contributed by atoms with Gasteiger partial charge in [-0.3, -0.25) is 0 Å². The van der Waals surface area contributed by atoms with Crippen LogP contribution in [0.3, 0.4) is 0 Å². The summed E-state index contributed by atoms with van der Waals surface area (Å²) < 4.78 is 5.92. The third kappa shape index (κ3) is 1.34. The fourth-order valence-electron chi connectivity index (χ4n) is 1.79. The van der Waals surface area contributed by atoms with Crippen LogP contribution in [-0.4, -0.2) is 5.72 Å². The van der Waals surface area contributed by atoms with Gasteiger partial charge in [-0.1, -0.05) is 24.3 Å². The highest BCUT2D eigenvalue weighted by Crippen LogP contribution is 2.30. The molecule has 15 heavy (non-hydrogen) atoms. The second kappa shape index (κ2) is 3.02. The van der Waals surface area contributed by atoms with Crippen LogP contribution < -0.4 is 10.1 Å². The maximum absolute atomic E-state index is 5.92. The Morgan fingerprint density at radius 2 is 2.00 bits per heavy atom. The standard InChI is InChI=1S/C13H11NO/c1-2-6-12-11(5-1)7-9-13(15-12)8-3-4-10-14-13/h1-10,14H. The van der Waals surface area contributed by atoms with Crippen LogP contribution in [0.1, 0.15) is 5.56 Å². The molecule has 0 amide bonds. The number of fused-ring (bicyclic) bond motifs is 1. The van der Waals surface area contributed by atoms with Gasteiger partial charge in [-0.2, -0.15) is 0 Å². The van der Waals surface area contributed by atoms with Gasteiger partial charge in [-0.15, -0.1) is 0 Å². The molecule has 2 aliphatic heterocycles. The Bertz CT molecular complexity index is 473. The van der Waals surface area contributed by atoms with E-state index < -0.39 is 5.72 Å². The molecule has 1 aromatic carbocycles. The lowest BCUT2D eigenvalue weighted by molar-refractivity contribution is 0.144. The van der Waals surface area contributed by atoms with Gasteiger partial charge < -0.3 is 10.1 Å². The molecule has 3 rings (SSSR count). The first-order valence-electron chi connectivity index (χ1n) is 4.97. The Hall–Kier alpha value is -1.96. The van der Waals surface area contributed by atoms with Gasteiger partial charge in [0.15, 0.2) is 0 Å². The highest BCUT2D eigenvalue weighted by molar-refractivity contribution is 5.61. The lowest BCUT2D eigenvalue weighted by atomic mass is 10.0. The number of hydrogen-bond donors (Lipinski definition) is 1. The largest absolute Gasteiger partial charge is 0.460 e. The highest BCUT2D eigenvalue weighted by atomic mass is 16.5. The number of ether oxygens (including phenoxy) is 1. The van der Waals surface area contributed by atoms with Crippen LogP contribution in [0.5, 0.6) is 5.75 Å². The maximum Gasteiger partial charge on any atom is 0.219 e. The molecule has 0 aromatic heterocycles. The predicted octanol–water partition coefficient (Wildman–Crippen LogP) is 2.46. The molecule has 1 aromatic rings. The smallest absolute Gasteiger partial charge is 0.219 e. The first-order valence-corrected chi connectivity index (χ1v) is 4.97. The number of nitrogens with one attached hydrogen (secondary N) is 1. The fourth-order valence-corrected chi connectivity index (χ4v) is 1.79. The molecule has 1 spiro atoms. The summed E-state index contributed by atoms with van der Waals surface area (Å²) >= 11 is 0. The number of benzene rings is 1. The zero-order valence-corrected chi connectivity index (χ0v) is 8.18. The minimum atomic E-state index is -0.497. The third-order valence-corrected chi connectivity index (χ3v) is 2.57. The van der Waals surface area contributed by atoms with Crippen molar-refractivity contribution in [1.82, 2.24) is 5.32 Å². The van der Waals surface area contributed by atoms with E-state index in [1.165, 1.54) is 0 Å². The van der Waals surface area contributed by atoms with Gasteiger partial charge in [0.05, 0.1) is 0 Å². The van der Waals surface area contributed by atoms with Crippen LogP contribution in [0.15, 0.2) is 54.8 Å². The molecule has 2 heterocycles. The van der Waals surface area contributed by atoms with E-state index in [0.29, 0.717) is 0 Å². The molecule has 74 valence electrons. The van der Waals surface area contributed by atoms with Crippen LogP contribution in [0.2, 0.25) is 0 Å². The van der Waals surface area contributed by atoms with Crippen LogP contribution in [0.4, 0.5) is 0 Å². The summed E-state index contributed by atoms with van der Waals surface area (Å²) in [5.74, 6) is 0.910. The number of para-hydroxylation sites is 1. The Morgan fingerprint density at radius 1 is 1.07 bits per heavy atom. The van der Waals surface area contributed by atoms with Gasteiger partial charge in [0.25, 0.3) is 0 Å². The molecular formula is C13H11NO. The summed E-state index contributed by atoms with van der Waals surface area (Å²) in [6.07, 6.45) is 11.9. The Balaban J connectivity index is 2.02. The SMILES string of the molecule is C1=CNC2(C=C1)C=Cc1ccccc1O2. The van der Waals surface area contributed by atoms with E-state index in [9.17, 15) is 0 Å². The van der Waals surface area contributed by atoms with E-state index in [2.05, 4.69) is 11.4 Å². The number of rotatable bonds is 0. The van der Waals surface area contributed by atoms with Crippen molar-refractivity contribution < 1.29 is 4.74 Å². The van der Waals surface area contributed by atoms with Crippen molar-refractivity contribution >= 4 is 6.08 Å². The molecule has 0 radical (unpaired) electrons. The molecule has 2 aliphatic rings. The summed E-state index contributed by atoms with van der Waals surface area (Å²) in [5, 5.41) is 3.20. The van der Waals surface area contributed by atoms with Crippen molar-refractivity contribution in [3.8, 4) is 5.75 Å². The van der Waals surface area contributed by atoms with E-state index in [0.717, 1.165) is 11.3 Å². The second-order valence-corrected chi connectivity index (χ2v) is 3.63. The molecule has 1 N–H and O–H groups in total. The molecule has 2 heteroatoms. The topological polar surface area (TPSA) is 21.3 Å². The lowest BCUT2D eigenvalue weighted by Gasteiger charge is -2.33. The minimum Gasteiger partial charge on any atom is -0.460 e. The van der Waals surface area contributed by atoms with E-state index >= 15 is 0 Å². The van der Waals surface area contributed by atoms with Crippen LogP contribution in [0, 0.1) is 0 Å². The van der Waals surface area contributed by atoms with Crippen molar-refractivity contribution in [2.75, 3.05) is 0 Å². The summed E-state index contributed by atoms with van der Waals surface area (Å²) in [5.41, 5.74) is 0.621. The predicted molar refractivity (Wildman–Crippen MR) is 60.3 cm³/mol. The summed E-state index contributed by atoms with van der Waals surface area (Å²) in [7, 11) is 0. The molecule has 2 nitrogen and oxygen atoms in total. The maximum atomic E-state index is 5.92. The van der Waals surface area contributed by atoms with Crippen LogP contribution in [-0.2, 0) is 0 Å². The number of dihydropyridines is 1. The monoisotopic (exact) mass is 197 g/mol. The van der Waals surface area contributed by atoms with E-state index in [4.69, 9.17) is 4.74 Å². The second-order valence-electron chi connectivity index (χ2n) is 3.63. The Labute approximate surface area is 88.6 Å². The molecule has 0 bridgehead atoms. The summed E-state index contributed by atoms with van der Waals surface area (Å²) in [6.45, 7) is 0. The Morgan fingerprint density at radius 3 is 2.87 bits per heavy atom. The van der Waals surface area contributed by atoms with Gasteiger partial charge in [0.2, 0.25) is 5.72 Å². The molecule has 0 saturated carbocycles. The van der Waals surface area contributed by atoms with Crippen molar-refractivity contribution in [2.45, 2.75) is 5.72 Å². The average molecular weight is 197 g/mol. The molecular weight excluding hydrogens is 186 g/mol.